The van der Waals surface area contributed by atoms with Crippen LogP contribution in [0.5, 0.6) is 0 Å². The van der Waals surface area contributed by atoms with Gasteiger partial charge in [0, 0.05) is 22.7 Å². The molecule has 5 rings (SSSR count). The molecule has 2 aliphatic rings. The number of amides is 2. The summed E-state index contributed by atoms with van der Waals surface area (Å²) in [7, 11) is 0. The van der Waals surface area contributed by atoms with Gasteiger partial charge in [-0.2, -0.15) is 0 Å². The summed E-state index contributed by atoms with van der Waals surface area (Å²) in [5, 5.41) is 3.93. The van der Waals surface area contributed by atoms with E-state index in [9.17, 15) is 9.59 Å². The predicted octanol–water partition coefficient (Wildman–Crippen LogP) is 6.02. The molecular formula is C29H28ClN2O2. The summed E-state index contributed by atoms with van der Waals surface area (Å²) in [4.78, 5) is 29.8. The maximum Gasteiger partial charge on any atom is 0.251 e. The topological polar surface area (TPSA) is 49.4 Å². The third-order valence-electron chi connectivity index (χ3n) is 7.08. The summed E-state index contributed by atoms with van der Waals surface area (Å²) in [6.45, 7) is 0. The number of carbonyl (C=O) groups is 2. The lowest BCUT2D eigenvalue weighted by Gasteiger charge is -2.42. The van der Waals surface area contributed by atoms with Crippen LogP contribution in [0, 0.1) is 6.42 Å². The van der Waals surface area contributed by atoms with Crippen molar-refractivity contribution in [1.82, 2.24) is 5.32 Å². The standard InChI is InChI=1S/C29H28ClN2O2/c30-23-18-16-22(17-19-23)29(28(34)31-24-12-6-2-7-13-24)26(21-10-4-1-5-11-21)20-27(33)32(29)25-14-8-3-9-15-25/h1,3-5,8-11,14-20,24,26H,2,6-7,12-13H2,(H,31,34)/t26-,29+/m0/s1. The highest BCUT2D eigenvalue weighted by molar-refractivity contribution is 6.30. The number of hydrogen-bond acceptors (Lipinski definition) is 2. The number of anilines is 1. The van der Waals surface area contributed by atoms with Crippen LogP contribution in [0.4, 0.5) is 5.69 Å². The summed E-state index contributed by atoms with van der Waals surface area (Å²) in [6.07, 6.45) is 7.02. The third kappa shape index (κ3) is 4.01. The molecule has 1 radical (unpaired) electrons. The number of nitrogens with zero attached hydrogens (tertiary/aromatic N) is 1. The first kappa shape index (κ1) is 22.7. The normalized spacial score (nSPS) is 23.1. The Hall–Kier alpha value is -3.11. The van der Waals surface area contributed by atoms with E-state index in [0.29, 0.717) is 10.7 Å². The zero-order valence-electron chi connectivity index (χ0n) is 19.0. The quantitative estimate of drug-likeness (QED) is 0.494. The first-order valence-corrected chi connectivity index (χ1v) is 12.3. The Balaban J connectivity index is 1.72. The number of para-hydroxylation sites is 1. The second-order valence-corrected chi connectivity index (χ2v) is 9.58. The van der Waals surface area contributed by atoms with Gasteiger partial charge in [-0.3, -0.25) is 14.5 Å². The monoisotopic (exact) mass is 471 g/mol. The molecule has 1 aliphatic carbocycles. The number of rotatable bonds is 5. The van der Waals surface area contributed by atoms with Crippen molar-refractivity contribution in [3.63, 3.8) is 0 Å². The van der Waals surface area contributed by atoms with E-state index < -0.39 is 11.5 Å². The van der Waals surface area contributed by atoms with Gasteiger partial charge >= 0.3 is 0 Å². The van der Waals surface area contributed by atoms with E-state index in [-0.39, 0.29) is 17.9 Å². The van der Waals surface area contributed by atoms with Gasteiger partial charge < -0.3 is 5.32 Å². The number of carbonyl (C=O) groups excluding carboxylic acids is 2. The van der Waals surface area contributed by atoms with Crippen molar-refractivity contribution in [3.8, 4) is 0 Å². The van der Waals surface area contributed by atoms with Gasteiger partial charge in [-0.15, -0.1) is 0 Å². The van der Waals surface area contributed by atoms with Crippen LogP contribution in [0.3, 0.4) is 0 Å². The molecule has 2 fully saturated rings. The van der Waals surface area contributed by atoms with Crippen molar-refractivity contribution in [2.24, 2.45) is 0 Å². The molecule has 3 aromatic carbocycles. The van der Waals surface area contributed by atoms with Crippen molar-refractivity contribution < 1.29 is 9.59 Å². The van der Waals surface area contributed by atoms with Gasteiger partial charge in [0.2, 0.25) is 5.91 Å². The van der Waals surface area contributed by atoms with Crippen molar-refractivity contribution in [3.05, 3.63) is 107 Å². The maximum absolute atomic E-state index is 14.5. The number of halogens is 1. The summed E-state index contributed by atoms with van der Waals surface area (Å²) in [5.41, 5.74) is 1.07. The Morgan fingerprint density at radius 1 is 0.853 bits per heavy atom. The molecule has 5 heteroatoms. The van der Waals surface area contributed by atoms with Crippen LogP contribution >= 0.6 is 11.6 Å². The second-order valence-electron chi connectivity index (χ2n) is 9.15. The average molecular weight is 472 g/mol. The first-order valence-electron chi connectivity index (χ1n) is 12.0. The number of nitrogens with one attached hydrogen (secondary N) is 1. The Labute approximate surface area is 205 Å². The van der Waals surface area contributed by atoms with E-state index in [2.05, 4.69) is 5.32 Å². The molecule has 1 aliphatic heterocycles. The average Bonchev–Trinajstić information content (AvgIpc) is 3.20. The van der Waals surface area contributed by atoms with E-state index in [4.69, 9.17) is 11.6 Å². The minimum absolute atomic E-state index is 0.107. The summed E-state index contributed by atoms with van der Waals surface area (Å²) in [5.74, 6) is -0.804. The molecule has 34 heavy (non-hydrogen) atoms. The Kier molecular flexibility index (Phi) is 6.42. The van der Waals surface area contributed by atoms with Gasteiger partial charge in [-0.05, 0) is 48.2 Å². The molecule has 1 saturated heterocycles. The van der Waals surface area contributed by atoms with Crippen LogP contribution in [0.25, 0.3) is 0 Å². The van der Waals surface area contributed by atoms with Gasteiger partial charge in [0.15, 0.2) is 5.54 Å². The lowest BCUT2D eigenvalue weighted by atomic mass is 9.73. The lowest BCUT2D eigenvalue weighted by Crippen LogP contribution is -2.58. The fourth-order valence-corrected chi connectivity index (χ4v) is 5.61. The third-order valence-corrected chi connectivity index (χ3v) is 7.33. The van der Waals surface area contributed by atoms with Crippen LogP contribution in [0.15, 0.2) is 84.9 Å². The predicted molar refractivity (Wildman–Crippen MR) is 136 cm³/mol. The fourth-order valence-electron chi connectivity index (χ4n) is 5.49. The van der Waals surface area contributed by atoms with Gasteiger partial charge in [-0.1, -0.05) is 91.5 Å². The minimum Gasteiger partial charge on any atom is -0.351 e. The van der Waals surface area contributed by atoms with Crippen LogP contribution in [-0.2, 0) is 15.1 Å². The molecule has 1 N–H and O–H groups in total. The number of benzene rings is 3. The molecule has 2 atom stereocenters. The molecule has 3 aromatic rings. The van der Waals surface area contributed by atoms with Crippen molar-refractivity contribution in [1.29, 1.82) is 0 Å². The molecule has 2 amide bonds. The van der Waals surface area contributed by atoms with E-state index >= 15 is 0 Å². The minimum atomic E-state index is -1.28. The van der Waals surface area contributed by atoms with Crippen LogP contribution in [0.2, 0.25) is 5.02 Å². The highest BCUT2D eigenvalue weighted by Gasteiger charge is 2.60. The van der Waals surface area contributed by atoms with Crippen LogP contribution in [0.1, 0.15) is 49.1 Å². The first-order chi connectivity index (χ1) is 16.6. The van der Waals surface area contributed by atoms with E-state index in [1.54, 1.807) is 23.5 Å². The SMILES string of the molecule is O=C1[CH][C@@H](c2ccccc2)[C@@](C(=O)NC2CCCCC2)(c2ccc(Cl)cc2)N1c1ccccc1. The highest BCUT2D eigenvalue weighted by atomic mass is 35.5. The van der Waals surface area contributed by atoms with Gasteiger partial charge in [0.25, 0.3) is 5.91 Å². The fraction of sp³-hybridized carbons (Fsp3) is 0.276. The van der Waals surface area contributed by atoms with E-state index in [1.165, 1.54) is 6.42 Å². The molecule has 1 saturated carbocycles. The smallest absolute Gasteiger partial charge is 0.251 e. The van der Waals surface area contributed by atoms with Crippen LogP contribution in [-0.4, -0.2) is 17.9 Å². The van der Waals surface area contributed by atoms with Gasteiger partial charge in [-0.25, -0.2) is 0 Å². The maximum atomic E-state index is 14.5. The molecule has 4 nitrogen and oxygen atoms in total. The molecule has 0 unspecified atom stereocenters. The van der Waals surface area contributed by atoms with Crippen molar-refractivity contribution >= 4 is 29.1 Å². The molecule has 0 aromatic heterocycles. The summed E-state index contributed by atoms with van der Waals surface area (Å²) >= 11 is 6.25. The van der Waals surface area contributed by atoms with E-state index in [1.807, 2.05) is 72.8 Å². The zero-order valence-corrected chi connectivity index (χ0v) is 19.7. The summed E-state index contributed by atoms with van der Waals surface area (Å²) in [6, 6.07) is 26.7. The molecule has 0 spiro atoms. The molecule has 0 bridgehead atoms. The molecule has 173 valence electrons. The van der Waals surface area contributed by atoms with Gasteiger partial charge in [0.05, 0.1) is 6.42 Å². The molecule has 1 heterocycles. The molecular weight excluding hydrogens is 444 g/mol. The van der Waals surface area contributed by atoms with E-state index in [0.717, 1.165) is 36.8 Å². The Morgan fingerprint density at radius 2 is 1.47 bits per heavy atom. The van der Waals surface area contributed by atoms with Crippen molar-refractivity contribution in [2.45, 2.75) is 49.6 Å². The Bertz CT molecular complexity index is 1140. The van der Waals surface area contributed by atoms with Crippen molar-refractivity contribution in [2.75, 3.05) is 4.90 Å². The van der Waals surface area contributed by atoms with Crippen LogP contribution < -0.4 is 10.2 Å². The zero-order chi connectivity index (χ0) is 23.5. The largest absolute Gasteiger partial charge is 0.351 e. The lowest BCUT2D eigenvalue weighted by molar-refractivity contribution is -0.129. The van der Waals surface area contributed by atoms with Gasteiger partial charge in [0.1, 0.15) is 0 Å². The highest BCUT2D eigenvalue weighted by Crippen LogP contribution is 2.51. The second kappa shape index (κ2) is 9.63. The Morgan fingerprint density at radius 3 is 2.12 bits per heavy atom. The number of hydrogen-bond donors (Lipinski definition) is 1. The summed E-state index contributed by atoms with van der Waals surface area (Å²) < 4.78 is 0.